The van der Waals surface area contributed by atoms with Crippen LogP contribution >= 0.6 is 23.4 Å². The van der Waals surface area contributed by atoms with E-state index in [2.05, 4.69) is 16.3 Å². The van der Waals surface area contributed by atoms with Crippen LogP contribution in [0.5, 0.6) is 0 Å². The van der Waals surface area contributed by atoms with E-state index in [1.165, 1.54) is 0 Å². The van der Waals surface area contributed by atoms with Crippen molar-refractivity contribution >= 4 is 35.0 Å². The van der Waals surface area contributed by atoms with Crippen molar-refractivity contribution in [3.63, 3.8) is 0 Å². The van der Waals surface area contributed by atoms with Crippen molar-refractivity contribution in [2.24, 2.45) is 0 Å². The molecule has 1 heterocycles. The minimum atomic E-state index is -0.132. The number of benzene rings is 2. The Kier molecular flexibility index (Phi) is 6.47. The molecule has 0 aliphatic carbocycles. The fourth-order valence-corrected chi connectivity index (χ4v) is 3.11. The minimum absolute atomic E-state index is 0.128. The zero-order valence-corrected chi connectivity index (χ0v) is 15.8. The number of thioether (sulfide) groups is 1. The Hall–Kier alpha value is -2.82. The van der Waals surface area contributed by atoms with Gasteiger partial charge in [-0.15, -0.1) is 10.2 Å². The van der Waals surface area contributed by atoms with Crippen molar-refractivity contribution in [2.75, 3.05) is 17.2 Å². The maximum absolute atomic E-state index is 12.6. The van der Waals surface area contributed by atoms with Gasteiger partial charge in [-0.05, 0) is 36.4 Å². The molecule has 8 heteroatoms. The second kappa shape index (κ2) is 9.21. The van der Waals surface area contributed by atoms with Gasteiger partial charge in [-0.2, -0.15) is 5.26 Å². The lowest BCUT2D eigenvalue weighted by Gasteiger charge is -2.21. The molecule has 2 aromatic carbocycles. The third kappa shape index (κ3) is 5.09. The molecule has 1 amide bonds. The number of hydrogen-bond acceptors (Lipinski definition) is 6. The lowest BCUT2D eigenvalue weighted by atomic mass is 10.2. The number of rotatable bonds is 7. The highest BCUT2D eigenvalue weighted by molar-refractivity contribution is 7.99. The Balaban J connectivity index is 1.65. The van der Waals surface area contributed by atoms with Gasteiger partial charge < -0.3 is 9.32 Å². The van der Waals surface area contributed by atoms with Gasteiger partial charge in [0.05, 0.1) is 18.2 Å². The molecule has 0 unspecified atom stereocenters. The normalized spacial score (nSPS) is 10.4. The van der Waals surface area contributed by atoms with Crippen LogP contribution in [0.25, 0.3) is 11.5 Å². The van der Waals surface area contributed by atoms with Gasteiger partial charge in [-0.3, -0.25) is 4.79 Å². The highest BCUT2D eigenvalue weighted by Gasteiger charge is 2.17. The van der Waals surface area contributed by atoms with Gasteiger partial charge in [-0.1, -0.05) is 41.6 Å². The van der Waals surface area contributed by atoms with E-state index in [-0.39, 0.29) is 18.1 Å². The van der Waals surface area contributed by atoms with Crippen LogP contribution in [0, 0.1) is 11.3 Å². The molecule has 0 aliphatic rings. The maximum Gasteiger partial charge on any atom is 0.277 e. The van der Waals surface area contributed by atoms with Crippen LogP contribution in [0.1, 0.15) is 6.42 Å². The Morgan fingerprint density at radius 2 is 1.89 bits per heavy atom. The molecular formula is C19H15ClN4O2S. The first-order valence-electron chi connectivity index (χ1n) is 8.12. The summed E-state index contributed by atoms with van der Waals surface area (Å²) in [5.41, 5.74) is 1.51. The Labute approximate surface area is 165 Å². The lowest BCUT2D eigenvalue weighted by Crippen LogP contribution is -2.33. The Morgan fingerprint density at radius 3 is 2.59 bits per heavy atom. The van der Waals surface area contributed by atoms with Crippen LogP contribution in [0.4, 0.5) is 5.69 Å². The summed E-state index contributed by atoms with van der Waals surface area (Å²) in [6.45, 7) is 0.333. The lowest BCUT2D eigenvalue weighted by molar-refractivity contribution is -0.116. The van der Waals surface area contributed by atoms with Gasteiger partial charge in [0.25, 0.3) is 5.22 Å². The average molecular weight is 399 g/mol. The number of carbonyl (C=O) groups excluding carboxylic acids is 1. The average Bonchev–Trinajstić information content (AvgIpc) is 3.17. The van der Waals surface area contributed by atoms with Crippen molar-refractivity contribution < 1.29 is 9.21 Å². The predicted octanol–water partition coefficient (Wildman–Crippen LogP) is 4.43. The van der Waals surface area contributed by atoms with E-state index in [0.29, 0.717) is 22.7 Å². The number of halogens is 1. The third-order valence-corrected chi connectivity index (χ3v) is 4.69. The molecule has 1 aromatic heterocycles. The van der Waals surface area contributed by atoms with Crippen LogP contribution in [-0.2, 0) is 4.79 Å². The second-order valence-corrected chi connectivity index (χ2v) is 6.82. The summed E-state index contributed by atoms with van der Waals surface area (Å²) >= 11 is 7.04. The van der Waals surface area contributed by atoms with Crippen molar-refractivity contribution in [3.05, 3.63) is 59.6 Å². The van der Waals surface area contributed by atoms with Crippen molar-refractivity contribution in [1.29, 1.82) is 5.26 Å². The molecule has 0 bridgehead atoms. The van der Waals surface area contributed by atoms with E-state index in [0.717, 1.165) is 23.0 Å². The Morgan fingerprint density at radius 1 is 1.15 bits per heavy atom. The molecule has 136 valence electrons. The quantitative estimate of drug-likeness (QED) is 0.547. The molecule has 0 fully saturated rings. The first-order valence-corrected chi connectivity index (χ1v) is 9.48. The van der Waals surface area contributed by atoms with E-state index in [1.807, 2.05) is 30.3 Å². The van der Waals surface area contributed by atoms with Crippen LogP contribution in [0.2, 0.25) is 5.02 Å². The van der Waals surface area contributed by atoms with E-state index >= 15 is 0 Å². The summed E-state index contributed by atoms with van der Waals surface area (Å²) < 4.78 is 5.60. The highest BCUT2D eigenvalue weighted by atomic mass is 35.5. The van der Waals surface area contributed by atoms with Crippen LogP contribution < -0.4 is 4.90 Å². The van der Waals surface area contributed by atoms with Crippen LogP contribution in [-0.4, -0.2) is 28.4 Å². The summed E-state index contributed by atoms with van der Waals surface area (Å²) in [7, 11) is 0. The molecule has 0 aliphatic heterocycles. The number of nitrogens with zero attached hydrogens (tertiary/aromatic N) is 4. The van der Waals surface area contributed by atoms with Crippen LogP contribution in [0.3, 0.4) is 0 Å². The zero-order valence-electron chi connectivity index (χ0n) is 14.2. The fraction of sp³-hybridized carbons (Fsp3) is 0.158. The summed E-state index contributed by atoms with van der Waals surface area (Å²) in [6, 6.07) is 18.4. The molecule has 0 atom stereocenters. The molecule has 3 aromatic rings. The van der Waals surface area contributed by atoms with E-state index < -0.39 is 0 Å². The number of nitriles is 1. The standard InChI is InChI=1S/C19H15ClN4O2S/c20-15-9-7-14(8-10-15)18-22-23-19(26-18)27-13-17(25)24(12-4-11-21)16-5-2-1-3-6-16/h1-3,5-10H,4,12-13H2. The summed E-state index contributed by atoms with van der Waals surface area (Å²) in [6.07, 6.45) is 0.257. The summed E-state index contributed by atoms with van der Waals surface area (Å²) in [4.78, 5) is 14.2. The number of anilines is 1. The van der Waals surface area contributed by atoms with Gasteiger partial charge >= 0.3 is 0 Å². The maximum atomic E-state index is 12.6. The van der Waals surface area contributed by atoms with Crippen molar-refractivity contribution in [2.45, 2.75) is 11.6 Å². The molecule has 3 rings (SSSR count). The molecule has 0 saturated carbocycles. The van der Waals surface area contributed by atoms with Crippen LogP contribution in [0.15, 0.2) is 64.2 Å². The van der Waals surface area contributed by atoms with E-state index in [1.54, 1.807) is 29.2 Å². The minimum Gasteiger partial charge on any atom is -0.411 e. The van der Waals surface area contributed by atoms with Crippen molar-refractivity contribution in [3.8, 4) is 17.5 Å². The largest absolute Gasteiger partial charge is 0.411 e. The first-order chi connectivity index (χ1) is 13.2. The first kappa shape index (κ1) is 19.0. The van der Waals surface area contributed by atoms with Gasteiger partial charge in [0, 0.05) is 22.8 Å². The predicted molar refractivity (Wildman–Crippen MR) is 104 cm³/mol. The smallest absolute Gasteiger partial charge is 0.277 e. The number of aromatic nitrogens is 2. The highest BCUT2D eigenvalue weighted by Crippen LogP contribution is 2.25. The third-order valence-electron chi connectivity index (χ3n) is 3.63. The molecule has 0 N–H and O–H groups in total. The molecule has 27 heavy (non-hydrogen) atoms. The van der Waals surface area contributed by atoms with Gasteiger partial charge in [-0.25, -0.2) is 0 Å². The number of para-hydroxylation sites is 1. The monoisotopic (exact) mass is 398 g/mol. The van der Waals surface area contributed by atoms with Crippen molar-refractivity contribution in [1.82, 2.24) is 10.2 Å². The van der Waals surface area contributed by atoms with Gasteiger partial charge in [0.1, 0.15) is 0 Å². The summed E-state index contributed by atoms with van der Waals surface area (Å²) in [5, 5.41) is 17.7. The Bertz CT molecular complexity index is 938. The van der Waals surface area contributed by atoms with E-state index in [9.17, 15) is 4.79 Å². The fourth-order valence-electron chi connectivity index (χ4n) is 2.35. The zero-order chi connectivity index (χ0) is 19.1. The number of amides is 1. The molecule has 6 nitrogen and oxygen atoms in total. The SMILES string of the molecule is N#CCCN(C(=O)CSc1nnc(-c2ccc(Cl)cc2)o1)c1ccccc1. The van der Waals surface area contributed by atoms with Gasteiger partial charge in [0.2, 0.25) is 11.8 Å². The van der Waals surface area contributed by atoms with Gasteiger partial charge in [0.15, 0.2) is 0 Å². The second-order valence-electron chi connectivity index (χ2n) is 5.46. The van der Waals surface area contributed by atoms with E-state index in [4.69, 9.17) is 21.3 Å². The molecule has 0 spiro atoms. The number of carbonyl (C=O) groups is 1. The molecular weight excluding hydrogens is 384 g/mol. The topological polar surface area (TPSA) is 83.0 Å². The molecule has 0 radical (unpaired) electrons. The summed E-state index contributed by atoms with van der Waals surface area (Å²) in [5.74, 6) is 0.362. The molecule has 0 saturated heterocycles. The number of hydrogen-bond donors (Lipinski definition) is 0.